The molecule has 0 saturated heterocycles. The highest BCUT2D eigenvalue weighted by atomic mass is 19.1. The van der Waals surface area contributed by atoms with Crippen molar-refractivity contribution in [2.75, 3.05) is 7.11 Å². The van der Waals surface area contributed by atoms with E-state index in [2.05, 4.69) is 5.32 Å². The number of para-hydroxylation sites is 1. The predicted octanol–water partition coefficient (Wildman–Crippen LogP) is 2.74. The minimum absolute atomic E-state index is 0.337. The second kappa shape index (κ2) is 7.19. The summed E-state index contributed by atoms with van der Waals surface area (Å²) < 4.78 is 18.3. The van der Waals surface area contributed by atoms with Gasteiger partial charge in [-0.25, -0.2) is 4.39 Å². The van der Waals surface area contributed by atoms with Gasteiger partial charge in [0.25, 0.3) is 11.6 Å². The number of benzene rings is 2. The van der Waals surface area contributed by atoms with Crippen LogP contribution in [0.15, 0.2) is 42.5 Å². The van der Waals surface area contributed by atoms with Gasteiger partial charge in [0, 0.05) is 5.56 Å². The fourth-order valence-electron chi connectivity index (χ4n) is 2.14. The number of nitrogens with one attached hydrogen (secondary N) is 1. The second-order valence-electron chi connectivity index (χ2n) is 4.70. The lowest BCUT2D eigenvalue weighted by Crippen LogP contribution is -2.28. The summed E-state index contributed by atoms with van der Waals surface area (Å²) in [6.07, 6.45) is 0. The van der Waals surface area contributed by atoms with Gasteiger partial charge in [0.2, 0.25) is 0 Å². The zero-order chi connectivity index (χ0) is 17.7. The monoisotopic (exact) mass is 329 g/mol. The molecule has 0 aromatic heterocycles. The van der Waals surface area contributed by atoms with Gasteiger partial charge in [-0.2, -0.15) is 5.26 Å². The number of ether oxygens (including phenoxy) is 1. The fraction of sp³-hybridized carbons (Fsp3) is 0.125. The molecule has 1 N–H and O–H groups in total. The van der Waals surface area contributed by atoms with E-state index in [-0.39, 0.29) is 5.56 Å². The first-order valence-electron chi connectivity index (χ1n) is 6.75. The van der Waals surface area contributed by atoms with Crippen LogP contribution >= 0.6 is 0 Å². The Bertz CT molecular complexity index is 832. The number of nitro groups is 1. The van der Waals surface area contributed by atoms with Crippen LogP contribution in [0.1, 0.15) is 22.0 Å². The summed E-state index contributed by atoms with van der Waals surface area (Å²) in [6, 6.07) is 9.97. The highest BCUT2D eigenvalue weighted by molar-refractivity contribution is 5.98. The molecule has 2 aromatic rings. The molecule has 1 atom stereocenters. The third kappa shape index (κ3) is 3.47. The number of hydrogen-bond donors (Lipinski definition) is 1. The Morgan fingerprint density at radius 1 is 1.38 bits per heavy atom. The van der Waals surface area contributed by atoms with Crippen molar-refractivity contribution in [3.63, 3.8) is 0 Å². The standard InChI is InChI=1S/C16H12FN3O4/c1-24-15-5-3-2-4-11(15)13(9-18)19-16(21)12-7-6-10(17)8-14(12)20(22)23/h2-8,13H,1H3,(H,19,21)/t13-/m0/s1. The summed E-state index contributed by atoms with van der Waals surface area (Å²) in [6.45, 7) is 0. The van der Waals surface area contributed by atoms with Crippen molar-refractivity contribution in [3.05, 3.63) is 69.5 Å². The summed E-state index contributed by atoms with van der Waals surface area (Å²) in [5.74, 6) is -1.31. The van der Waals surface area contributed by atoms with Gasteiger partial charge in [-0.05, 0) is 18.2 Å². The van der Waals surface area contributed by atoms with Crippen molar-refractivity contribution in [1.82, 2.24) is 5.32 Å². The molecule has 122 valence electrons. The Labute approximate surface area is 136 Å². The predicted molar refractivity (Wildman–Crippen MR) is 81.9 cm³/mol. The zero-order valence-corrected chi connectivity index (χ0v) is 12.5. The van der Waals surface area contributed by atoms with Crippen molar-refractivity contribution >= 4 is 11.6 Å². The van der Waals surface area contributed by atoms with Crippen molar-refractivity contribution in [1.29, 1.82) is 5.26 Å². The van der Waals surface area contributed by atoms with E-state index in [0.717, 1.165) is 12.1 Å². The normalized spacial score (nSPS) is 11.2. The SMILES string of the molecule is COc1ccccc1[C@H](C#N)NC(=O)c1ccc(F)cc1[N+](=O)[O-]. The van der Waals surface area contributed by atoms with Crippen LogP contribution < -0.4 is 10.1 Å². The molecule has 2 rings (SSSR count). The van der Waals surface area contributed by atoms with Crippen LogP contribution in [0.25, 0.3) is 0 Å². The molecule has 0 unspecified atom stereocenters. The molecule has 0 radical (unpaired) electrons. The van der Waals surface area contributed by atoms with E-state index in [9.17, 15) is 24.6 Å². The highest BCUT2D eigenvalue weighted by Gasteiger charge is 2.24. The minimum atomic E-state index is -1.08. The van der Waals surface area contributed by atoms with E-state index in [1.807, 2.05) is 6.07 Å². The number of carbonyl (C=O) groups excluding carboxylic acids is 1. The molecular weight excluding hydrogens is 317 g/mol. The van der Waals surface area contributed by atoms with Gasteiger partial charge < -0.3 is 10.1 Å². The van der Waals surface area contributed by atoms with Crippen LogP contribution in [0.4, 0.5) is 10.1 Å². The van der Waals surface area contributed by atoms with Crippen molar-refractivity contribution in [2.45, 2.75) is 6.04 Å². The van der Waals surface area contributed by atoms with Crippen LogP contribution in [0, 0.1) is 27.3 Å². The summed E-state index contributed by atoms with van der Waals surface area (Å²) in [7, 11) is 1.42. The third-order valence-corrected chi connectivity index (χ3v) is 3.26. The number of carbonyl (C=O) groups is 1. The van der Waals surface area contributed by atoms with E-state index in [1.165, 1.54) is 7.11 Å². The summed E-state index contributed by atoms with van der Waals surface area (Å²) in [4.78, 5) is 22.4. The molecule has 7 nitrogen and oxygen atoms in total. The number of hydrogen-bond acceptors (Lipinski definition) is 5. The highest BCUT2D eigenvalue weighted by Crippen LogP contribution is 2.26. The summed E-state index contributed by atoms with van der Waals surface area (Å²) in [5, 5.41) is 22.7. The quantitative estimate of drug-likeness (QED) is 0.670. The largest absolute Gasteiger partial charge is 0.496 e. The number of rotatable bonds is 5. The zero-order valence-electron chi connectivity index (χ0n) is 12.5. The van der Waals surface area contributed by atoms with Crippen molar-refractivity contribution < 1.29 is 18.8 Å². The maximum Gasteiger partial charge on any atom is 0.285 e. The summed E-state index contributed by atoms with van der Waals surface area (Å²) >= 11 is 0. The van der Waals surface area contributed by atoms with E-state index in [1.54, 1.807) is 24.3 Å². The van der Waals surface area contributed by atoms with Crippen molar-refractivity contribution in [2.24, 2.45) is 0 Å². The molecule has 0 spiro atoms. The number of amides is 1. The molecular formula is C16H12FN3O4. The lowest BCUT2D eigenvalue weighted by atomic mass is 10.1. The number of halogens is 1. The Morgan fingerprint density at radius 3 is 2.71 bits per heavy atom. The van der Waals surface area contributed by atoms with Gasteiger partial charge in [-0.1, -0.05) is 18.2 Å². The maximum atomic E-state index is 13.2. The number of nitro benzene ring substituents is 1. The molecule has 0 heterocycles. The Morgan fingerprint density at radius 2 is 2.08 bits per heavy atom. The molecule has 24 heavy (non-hydrogen) atoms. The van der Waals surface area contributed by atoms with Gasteiger partial charge >= 0.3 is 0 Å². The average Bonchev–Trinajstić information content (AvgIpc) is 2.59. The van der Waals surface area contributed by atoms with Gasteiger partial charge in [0.15, 0.2) is 0 Å². The molecule has 0 aliphatic carbocycles. The van der Waals surface area contributed by atoms with E-state index < -0.39 is 28.4 Å². The third-order valence-electron chi connectivity index (χ3n) is 3.26. The average molecular weight is 329 g/mol. The first-order valence-corrected chi connectivity index (χ1v) is 6.75. The number of nitriles is 1. The van der Waals surface area contributed by atoms with Gasteiger partial charge in [0.1, 0.15) is 23.2 Å². The molecule has 0 aliphatic heterocycles. The molecule has 0 aliphatic rings. The smallest absolute Gasteiger partial charge is 0.285 e. The fourth-order valence-corrected chi connectivity index (χ4v) is 2.14. The first kappa shape index (κ1) is 16.9. The molecule has 0 fully saturated rings. The molecule has 0 saturated carbocycles. The Balaban J connectivity index is 2.35. The molecule has 2 aromatic carbocycles. The van der Waals surface area contributed by atoms with Gasteiger partial charge in [-0.15, -0.1) is 0 Å². The van der Waals surface area contributed by atoms with Crippen LogP contribution in [0.2, 0.25) is 0 Å². The number of nitrogens with zero attached hydrogens (tertiary/aromatic N) is 2. The van der Waals surface area contributed by atoms with Crippen LogP contribution in [-0.2, 0) is 0 Å². The maximum absolute atomic E-state index is 13.2. The van der Waals surface area contributed by atoms with Crippen LogP contribution in [0.5, 0.6) is 5.75 Å². The van der Waals surface area contributed by atoms with Crippen molar-refractivity contribution in [3.8, 4) is 11.8 Å². The lowest BCUT2D eigenvalue weighted by Gasteiger charge is -2.15. The minimum Gasteiger partial charge on any atom is -0.496 e. The second-order valence-corrected chi connectivity index (χ2v) is 4.70. The molecule has 1 amide bonds. The van der Waals surface area contributed by atoms with E-state index in [0.29, 0.717) is 17.4 Å². The Kier molecular flexibility index (Phi) is 5.06. The van der Waals surface area contributed by atoms with Gasteiger partial charge in [0.05, 0.1) is 24.2 Å². The molecule has 0 bridgehead atoms. The van der Waals surface area contributed by atoms with Crippen LogP contribution in [-0.4, -0.2) is 17.9 Å². The first-order chi connectivity index (χ1) is 11.5. The van der Waals surface area contributed by atoms with Gasteiger partial charge in [-0.3, -0.25) is 14.9 Å². The van der Waals surface area contributed by atoms with E-state index >= 15 is 0 Å². The van der Waals surface area contributed by atoms with E-state index in [4.69, 9.17) is 4.74 Å². The Hall–Kier alpha value is -3.47. The van der Waals surface area contributed by atoms with Crippen LogP contribution in [0.3, 0.4) is 0 Å². The lowest BCUT2D eigenvalue weighted by molar-refractivity contribution is -0.385. The summed E-state index contributed by atoms with van der Waals surface area (Å²) in [5.41, 5.74) is -0.610. The topological polar surface area (TPSA) is 105 Å². The molecule has 8 heteroatoms. The number of methoxy groups -OCH3 is 1.